The van der Waals surface area contributed by atoms with Gasteiger partial charge in [-0.1, -0.05) is 13.8 Å². The van der Waals surface area contributed by atoms with Crippen LogP contribution in [0.3, 0.4) is 0 Å². The zero-order valence-electron chi connectivity index (χ0n) is 12.9. The Bertz CT molecular complexity index is 428. The minimum atomic E-state index is 0.453. The molecule has 0 spiro atoms. The van der Waals surface area contributed by atoms with Crippen LogP contribution in [0.4, 0.5) is 0 Å². The van der Waals surface area contributed by atoms with Crippen molar-refractivity contribution in [3.63, 3.8) is 0 Å². The third-order valence-corrected chi connectivity index (χ3v) is 6.77. The molecule has 3 nitrogen and oxygen atoms in total. The Labute approximate surface area is 131 Å². The molecule has 2 unspecified atom stereocenters. The Hall–Kier alpha value is -0.260. The molecule has 1 aliphatic heterocycles. The van der Waals surface area contributed by atoms with E-state index in [1.807, 2.05) is 23.5 Å². The molecule has 0 saturated carbocycles. The lowest BCUT2D eigenvalue weighted by atomic mass is 10.1. The Balaban J connectivity index is 2.16. The first kappa shape index (κ1) is 16.1. The first-order valence-corrected chi connectivity index (χ1v) is 9.51. The molecule has 0 amide bonds. The van der Waals surface area contributed by atoms with Crippen LogP contribution in [0.25, 0.3) is 0 Å². The van der Waals surface area contributed by atoms with Gasteiger partial charge in [0.1, 0.15) is 5.82 Å². The highest BCUT2D eigenvalue weighted by atomic mass is 32.2. The molecule has 0 aliphatic carbocycles. The fourth-order valence-electron chi connectivity index (χ4n) is 2.56. The second kappa shape index (κ2) is 7.66. The summed E-state index contributed by atoms with van der Waals surface area (Å²) in [5, 5.41) is 4.44. The molecule has 5 heteroatoms. The molecule has 0 radical (unpaired) electrons. The molecule has 1 aromatic heterocycles. The van der Waals surface area contributed by atoms with E-state index in [1.165, 1.54) is 17.1 Å². The van der Waals surface area contributed by atoms with E-state index in [1.54, 1.807) is 0 Å². The summed E-state index contributed by atoms with van der Waals surface area (Å²) in [4.78, 5) is 9.63. The molecule has 112 valence electrons. The number of aromatic nitrogens is 2. The van der Waals surface area contributed by atoms with Gasteiger partial charge in [0.15, 0.2) is 0 Å². The topological polar surface area (TPSA) is 37.8 Å². The van der Waals surface area contributed by atoms with Crippen LogP contribution in [0.5, 0.6) is 0 Å². The minimum Gasteiger partial charge on any atom is -0.317 e. The van der Waals surface area contributed by atoms with Crippen LogP contribution in [0, 0.1) is 13.8 Å². The molecule has 1 aliphatic rings. The van der Waals surface area contributed by atoms with E-state index >= 15 is 0 Å². The molecule has 2 atom stereocenters. The summed E-state index contributed by atoms with van der Waals surface area (Å²) in [7, 11) is 0. The molecular weight excluding hydrogens is 286 g/mol. The van der Waals surface area contributed by atoms with Crippen LogP contribution in [-0.4, -0.2) is 39.8 Å². The summed E-state index contributed by atoms with van der Waals surface area (Å²) in [6, 6.07) is 0. The van der Waals surface area contributed by atoms with Gasteiger partial charge in [-0.15, -0.1) is 11.8 Å². The molecule has 20 heavy (non-hydrogen) atoms. The largest absolute Gasteiger partial charge is 0.317 e. The van der Waals surface area contributed by atoms with Crippen molar-refractivity contribution in [1.82, 2.24) is 15.3 Å². The highest BCUT2D eigenvalue weighted by Gasteiger charge is 2.27. The van der Waals surface area contributed by atoms with E-state index in [2.05, 4.69) is 33.0 Å². The van der Waals surface area contributed by atoms with E-state index in [0.29, 0.717) is 10.5 Å². The average molecular weight is 312 g/mol. The maximum Gasteiger partial charge on any atom is 0.142 e. The van der Waals surface area contributed by atoms with Gasteiger partial charge in [-0.3, -0.25) is 0 Å². The molecule has 1 aromatic rings. The number of thioether (sulfide) groups is 2. The molecule has 1 fully saturated rings. The second-order valence-corrected chi connectivity index (χ2v) is 7.94. The van der Waals surface area contributed by atoms with Crippen molar-refractivity contribution < 1.29 is 0 Å². The van der Waals surface area contributed by atoms with Crippen LogP contribution < -0.4 is 5.32 Å². The van der Waals surface area contributed by atoms with E-state index < -0.39 is 0 Å². The molecular formula is C15H25N3S2. The quantitative estimate of drug-likeness (QED) is 0.846. The highest BCUT2D eigenvalue weighted by Crippen LogP contribution is 2.41. The summed E-state index contributed by atoms with van der Waals surface area (Å²) in [6.07, 6.45) is 1.02. The number of aryl methyl sites for hydroxylation is 2. The lowest BCUT2D eigenvalue weighted by Crippen LogP contribution is -2.21. The predicted octanol–water partition coefficient (Wildman–Crippen LogP) is 3.16. The first-order valence-electron chi connectivity index (χ1n) is 7.41. The van der Waals surface area contributed by atoms with Crippen molar-refractivity contribution in [1.29, 1.82) is 0 Å². The molecule has 2 rings (SSSR count). The van der Waals surface area contributed by atoms with E-state index in [4.69, 9.17) is 9.97 Å². The Morgan fingerprint density at radius 2 is 1.80 bits per heavy atom. The van der Waals surface area contributed by atoms with Gasteiger partial charge in [0.2, 0.25) is 0 Å². The predicted molar refractivity (Wildman–Crippen MR) is 90.9 cm³/mol. The Kier molecular flexibility index (Phi) is 6.18. The standard InChI is InChI=1S/C15H25N3S2/c1-5-16-7-6-13-10(2)17-15(18-11(13)3)14-12(4)19-8-9-20-14/h12,14,16H,5-9H2,1-4H3. The maximum absolute atomic E-state index is 4.81. The van der Waals surface area contributed by atoms with Crippen LogP contribution in [0.1, 0.15) is 41.9 Å². The number of nitrogens with zero attached hydrogens (tertiary/aromatic N) is 2. The number of hydrogen-bond acceptors (Lipinski definition) is 5. The van der Waals surface area contributed by atoms with Gasteiger partial charge in [0, 0.05) is 28.1 Å². The molecule has 2 heterocycles. The summed E-state index contributed by atoms with van der Waals surface area (Å²) in [5.74, 6) is 3.50. The van der Waals surface area contributed by atoms with E-state index in [9.17, 15) is 0 Å². The van der Waals surface area contributed by atoms with Crippen molar-refractivity contribution in [2.24, 2.45) is 0 Å². The fraction of sp³-hybridized carbons (Fsp3) is 0.733. The molecule has 1 N–H and O–H groups in total. The third-order valence-electron chi connectivity index (χ3n) is 3.68. The van der Waals surface area contributed by atoms with Gasteiger partial charge in [-0.2, -0.15) is 11.8 Å². The highest BCUT2D eigenvalue weighted by molar-refractivity contribution is 8.06. The molecule has 1 saturated heterocycles. The van der Waals surface area contributed by atoms with Gasteiger partial charge in [0.25, 0.3) is 0 Å². The van der Waals surface area contributed by atoms with Crippen molar-refractivity contribution in [3.8, 4) is 0 Å². The minimum absolute atomic E-state index is 0.453. The third kappa shape index (κ3) is 3.89. The Morgan fingerprint density at radius 3 is 2.40 bits per heavy atom. The zero-order chi connectivity index (χ0) is 14.5. The lowest BCUT2D eigenvalue weighted by Gasteiger charge is -2.27. The van der Waals surface area contributed by atoms with Crippen molar-refractivity contribution in [2.45, 2.75) is 44.6 Å². The summed E-state index contributed by atoms with van der Waals surface area (Å²) in [6.45, 7) is 10.7. The van der Waals surface area contributed by atoms with Gasteiger partial charge in [-0.05, 0) is 38.9 Å². The normalized spacial score (nSPS) is 23.0. The monoisotopic (exact) mass is 311 g/mol. The van der Waals surface area contributed by atoms with Crippen LogP contribution in [0.15, 0.2) is 0 Å². The number of nitrogens with one attached hydrogen (secondary N) is 1. The second-order valence-electron chi connectivity index (χ2n) is 5.20. The zero-order valence-corrected chi connectivity index (χ0v) is 14.5. The number of likely N-dealkylation sites (N-methyl/N-ethyl adjacent to an activating group) is 1. The smallest absolute Gasteiger partial charge is 0.142 e. The number of hydrogen-bond donors (Lipinski definition) is 1. The van der Waals surface area contributed by atoms with E-state index in [0.717, 1.165) is 36.7 Å². The van der Waals surface area contributed by atoms with Gasteiger partial charge in [0.05, 0.1) is 5.25 Å². The van der Waals surface area contributed by atoms with Gasteiger partial charge < -0.3 is 5.32 Å². The summed E-state index contributed by atoms with van der Waals surface area (Å²) >= 11 is 4.05. The summed E-state index contributed by atoms with van der Waals surface area (Å²) in [5.41, 5.74) is 3.64. The van der Waals surface area contributed by atoms with Gasteiger partial charge >= 0.3 is 0 Å². The van der Waals surface area contributed by atoms with Gasteiger partial charge in [-0.25, -0.2) is 9.97 Å². The SMILES string of the molecule is CCNCCc1c(C)nc(C2SCCSC2C)nc1C. The van der Waals surface area contributed by atoms with Crippen molar-refractivity contribution in [2.75, 3.05) is 24.6 Å². The molecule has 0 aromatic carbocycles. The average Bonchev–Trinajstić information content (AvgIpc) is 2.42. The first-order chi connectivity index (χ1) is 9.63. The lowest BCUT2D eigenvalue weighted by molar-refractivity contribution is 0.702. The number of rotatable bonds is 5. The van der Waals surface area contributed by atoms with Crippen LogP contribution in [0.2, 0.25) is 0 Å². The summed E-state index contributed by atoms with van der Waals surface area (Å²) < 4.78 is 0. The Morgan fingerprint density at radius 1 is 1.15 bits per heavy atom. The van der Waals surface area contributed by atoms with E-state index in [-0.39, 0.29) is 0 Å². The van der Waals surface area contributed by atoms with Crippen molar-refractivity contribution >= 4 is 23.5 Å². The van der Waals surface area contributed by atoms with Crippen molar-refractivity contribution in [3.05, 3.63) is 22.8 Å². The maximum atomic E-state index is 4.81. The van der Waals surface area contributed by atoms with Crippen LogP contribution >= 0.6 is 23.5 Å². The molecule has 0 bridgehead atoms. The van der Waals surface area contributed by atoms with Crippen LogP contribution in [-0.2, 0) is 6.42 Å². The fourth-order valence-corrected chi connectivity index (χ4v) is 5.25.